The first-order chi connectivity index (χ1) is 6.29. The molecule has 3 nitrogen and oxygen atoms in total. The first kappa shape index (κ1) is 11.8. The fourth-order valence-corrected chi connectivity index (χ4v) is 2.53. The largest absolute Gasteiger partial charge is 0.313 e. The van der Waals surface area contributed by atoms with Gasteiger partial charge in [0.25, 0.3) is 0 Å². The highest BCUT2D eigenvalue weighted by Gasteiger charge is 2.44. The Morgan fingerprint density at radius 3 is 2.07 bits per heavy atom. The van der Waals surface area contributed by atoms with E-state index in [2.05, 4.69) is 22.4 Å². The quantitative estimate of drug-likeness (QED) is 0.538. The lowest BCUT2D eigenvalue weighted by Crippen LogP contribution is -2.59. The number of aliphatic imine (C=N–C) groups is 1. The third kappa shape index (κ3) is 2.20. The summed E-state index contributed by atoms with van der Waals surface area (Å²) in [6.45, 7) is 8.05. The summed E-state index contributed by atoms with van der Waals surface area (Å²) >= 11 is 4.62. The molecule has 1 aliphatic rings. The second-order valence-electron chi connectivity index (χ2n) is 5.22. The maximum Gasteiger partial charge on any atom is 0.0639 e. The topological polar surface area (TPSA) is 35.8 Å². The van der Waals surface area contributed by atoms with Gasteiger partial charge in [0.15, 0.2) is 0 Å². The second kappa shape index (κ2) is 3.70. The van der Waals surface area contributed by atoms with Crippen molar-refractivity contribution in [1.82, 2.24) is 5.06 Å². The number of nitrogens with zero attached hydrogens (tertiary/aromatic N) is 2. The molecule has 80 valence electrons. The summed E-state index contributed by atoms with van der Waals surface area (Å²) in [6, 6.07) is 0.181. The van der Waals surface area contributed by atoms with Crippen molar-refractivity contribution in [3.8, 4) is 0 Å². The Hall–Kier alpha value is -0.280. The number of piperidine rings is 1. The molecule has 0 atom stereocenters. The van der Waals surface area contributed by atoms with Crippen LogP contribution in [0.5, 0.6) is 0 Å². The molecule has 0 unspecified atom stereocenters. The minimum absolute atomic E-state index is 0.181. The van der Waals surface area contributed by atoms with Crippen molar-refractivity contribution >= 4 is 17.4 Å². The van der Waals surface area contributed by atoms with Crippen LogP contribution in [-0.2, 0) is 0 Å². The predicted octanol–water partition coefficient (Wildman–Crippen LogP) is 2.50. The van der Waals surface area contributed by atoms with Crippen LogP contribution in [0.4, 0.5) is 0 Å². The molecule has 0 aromatic carbocycles. The number of hydrogen-bond donors (Lipinski definition) is 1. The van der Waals surface area contributed by atoms with Gasteiger partial charge in [0.2, 0.25) is 0 Å². The number of hydroxylamine groups is 2. The molecule has 0 saturated carbocycles. The molecule has 1 N–H and O–H groups in total. The van der Waals surface area contributed by atoms with Crippen LogP contribution in [-0.4, -0.2) is 32.6 Å². The lowest BCUT2D eigenvalue weighted by atomic mass is 9.79. The van der Waals surface area contributed by atoms with E-state index in [-0.39, 0.29) is 17.1 Å². The van der Waals surface area contributed by atoms with Gasteiger partial charge in [0.05, 0.1) is 11.2 Å². The van der Waals surface area contributed by atoms with E-state index >= 15 is 0 Å². The molecule has 0 amide bonds. The average Bonchev–Trinajstić information content (AvgIpc) is 1.99. The van der Waals surface area contributed by atoms with E-state index in [1.807, 2.05) is 27.7 Å². The Labute approximate surface area is 90.8 Å². The summed E-state index contributed by atoms with van der Waals surface area (Å²) in [5.74, 6) is 0. The third-order valence-electron chi connectivity index (χ3n) is 2.85. The standard InChI is InChI=1S/C10H18N2OS/c1-9(2)5-8(11-7-14)6-10(3,4)12(9)13/h8,13H,5-6H2,1-4H3. The summed E-state index contributed by atoms with van der Waals surface area (Å²) < 4.78 is 0. The van der Waals surface area contributed by atoms with E-state index in [1.165, 1.54) is 5.06 Å². The molecule has 0 spiro atoms. The van der Waals surface area contributed by atoms with Gasteiger partial charge in [-0.2, -0.15) is 5.06 Å². The first-order valence-corrected chi connectivity index (χ1v) is 5.26. The van der Waals surface area contributed by atoms with Crippen molar-refractivity contribution in [2.45, 2.75) is 57.7 Å². The number of thiocarbonyl (C=S) groups is 1. The zero-order valence-corrected chi connectivity index (χ0v) is 10.1. The Morgan fingerprint density at radius 1 is 1.29 bits per heavy atom. The fraction of sp³-hybridized carbons (Fsp3) is 0.900. The molecule has 1 rings (SSSR count). The molecule has 0 radical (unpaired) electrons. The van der Waals surface area contributed by atoms with Crippen LogP contribution in [0.15, 0.2) is 4.99 Å². The van der Waals surface area contributed by atoms with Crippen molar-refractivity contribution in [1.29, 1.82) is 0 Å². The zero-order chi connectivity index (χ0) is 11.0. The predicted molar refractivity (Wildman–Crippen MR) is 59.8 cm³/mol. The molecule has 1 fully saturated rings. The van der Waals surface area contributed by atoms with Crippen molar-refractivity contribution < 1.29 is 5.21 Å². The van der Waals surface area contributed by atoms with Gasteiger partial charge in [-0.05, 0) is 52.8 Å². The van der Waals surface area contributed by atoms with Crippen molar-refractivity contribution in [2.24, 2.45) is 4.99 Å². The SMILES string of the molecule is CC1(C)CC(N=C=S)CC(C)(C)N1O. The average molecular weight is 214 g/mol. The highest BCUT2D eigenvalue weighted by atomic mass is 32.1. The summed E-state index contributed by atoms with van der Waals surface area (Å²) in [5, 5.41) is 13.9. The van der Waals surface area contributed by atoms with Crippen LogP contribution in [0, 0.1) is 0 Å². The van der Waals surface area contributed by atoms with Gasteiger partial charge in [-0.15, -0.1) is 0 Å². The lowest BCUT2D eigenvalue weighted by molar-refractivity contribution is -0.244. The molecule has 0 aromatic heterocycles. The number of isothiocyanates is 1. The molecule has 0 aromatic rings. The maximum atomic E-state index is 10.00. The van der Waals surface area contributed by atoms with E-state index in [4.69, 9.17) is 0 Å². The minimum Gasteiger partial charge on any atom is -0.313 e. The molecular formula is C10H18N2OS. The fourth-order valence-electron chi connectivity index (χ4n) is 2.38. The summed E-state index contributed by atoms with van der Waals surface area (Å²) in [4.78, 5) is 4.14. The number of hydrogen-bond acceptors (Lipinski definition) is 4. The molecule has 0 bridgehead atoms. The van der Waals surface area contributed by atoms with Gasteiger partial charge in [-0.25, -0.2) is 4.99 Å². The van der Waals surface area contributed by atoms with Gasteiger partial charge in [-0.3, -0.25) is 0 Å². The van der Waals surface area contributed by atoms with E-state index < -0.39 is 0 Å². The molecule has 1 aliphatic heterocycles. The molecule has 1 saturated heterocycles. The Kier molecular flexibility index (Phi) is 3.12. The smallest absolute Gasteiger partial charge is 0.0639 e. The Balaban J connectivity index is 2.91. The van der Waals surface area contributed by atoms with Gasteiger partial charge in [0.1, 0.15) is 0 Å². The van der Waals surface area contributed by atoms with E-state index in [0.29, 0.717) is 0 Å². The van der Waals surface area contributed by atoms with Gasteiger partial charge >= 0.3 is 0 Å². The van der Waals surface area contributed by atoms with E-state index in [0.717, 1.165) is 12.8 Å². The molecule has 1 heterocycles. The van der Waals surface area contributed by atoms with Crippen LogP contribution in [0.2, 0.25) is 0 Å². The zero-order valence-electron chi connectivity index (χ0n) is 9.24. The van der Waals surface area contributed by atoms with Crippen LogP contribution in [0.25, 0.3) is 0 Å². The summed E-state index contributed by atoms with van der Waals surface area (Å²) in [5.41, 5.74) is -0.496. The first-order valence-electron chi connectivity index (χ1n) is 4.86. The Bertz CT molecular complexity index is 251. The molecule has 4 heteroatoms. The van der Waals surface area contributed by atoms with Crippen molar-refractivity contribution in [3.05, 3.63) is 0 Å². The van der Waals surface area contributed by atoms with Gasteiger partial charge in [0, 0.05) is 11.1 Å². The summed E-state index contributed by atoms with van der Waals surface area (Å²) in [6.07, 6.45) is 1.63. The van der Waals surface area contributed by atoms with Crippen molar-refractivity contribution in [2.75, 3.05) is 0 Å². The number of rotatable bonds is 1. The van der Waals surface area contributed by atoms with Crippen LogP contribution in [0.1, 0.15) is 40.5 Å². The van der Waals surface area contributed by atoms with Crippen LogP contribution >= 0.6 is 12.2 Å². The molecule has 0 aliphatic carbocycles. The van der Waals surface area contributed by atoms with Crippen LogP contribution < -0.4 is 0 Å². The Morgan fingerprint density at radius 2 is 1.71 bits per heavy atom. The second-order valence-corrected chi connectivity index (χ2v) is 5.40. The lowest BCUT2D eigenvalue weighted by Gasteiger charge is -2.50. The maximum absolute atomic E-state index is 10.00. The highest BCUT2D eigenvalue weighted by Crippen LogP contribution is 2.37. The van der Waals surface area contributed by atoms with Crippen LogP contribution in [0.3, 0.4) is 0 Å². The highest BCUT2D eigenvalue weighted by molar-refractivity contribution is 7.78. The van der Waals surface area contributed by atoms with E-state index in [9.17, 15) is 5.21 Å². The van der Waals surface area contributed by atoms with E-state index in [1.54, 1.807) is 0 Å². The normalized spacial score (nSPS) is 26.9. The van der Waals surface area contributed by atoms with Crippen molar-refractivity contribution in [3.63, 3.8) is 0 Å². The van der Waals surface area contributed by atoms with Gasteiger partial charge in [-0.1, -0.05) is 0 Å². The minimum atomic E-state index is -0.248. The molecule has 14 heavy (non-hydrogen) atoms. The third-order valence-corrected chi connectivity index (χ3v) is 2.96. The van der Waals surface area contributed by atoms with Gasteiger partial charge < -0.3 is 5.21 Å². The monoisotopic (exact) mass is 214 g/mol. The summed E-state index contributed by atoms with van der Waals surface area (Å²) in [7, 11) is 0. The molecular weight excluding hydrogens is 196 g/mol.